The fraction of sp³-hybridized carbons (Fsp3) is 0.517. The average molecular weight is 454 g/mol. The number of Topliss-reactive ketones (excluding diaryl/α,β-unsaturated/α-hetero) is 1. The summed E-state index contributed by atoms with van der Waals surface area (Å²) in [5.74, 6) is 0.804. The molecule has 0 aliphatic carbocycles. The van der Waals surface area contributed by atoms with Crippen LogP contribution in [0.3, 0.4) is 0 Å². The molecule has 0 aliphatic heterocycles. The van der Waals surface area contributed by atoms with Crippen LogP contribution in [0.15, 0.2) is 52.5 Å². The molecule has 0 aliphatic rings. The molecule has 32 heavy (non-hydrogen) atoms. The number of hydrogen-bond donors (Lipinski definition) is 0. The Bertz CT molecular complexity index is 892. The molecule has 1 aromatic heterocycles. The Morgan fingerprint density at radius 1 is 1.16 bits per heavy atom. The van der Waals surface area contributed by atoms with E-state index in [0.29, 0.717) is 5.92 Å². The van der Waals surface area contributed by atoms with Crippen molar-refractivity contribution in [3.05, 3.63) is 63.2 Å². The normalized spacial score (nSPS) is 15.3. The highest BCUT2D eigenvalue weighted by molar-refractivity contribution is 7.10. The fourth-order valence-electron chi connectivity index (χ4n) is 3.48. The number of allylic oxidation sites excluding steroid dienone is 10. The van der Waals surface area contributed by atoms with Crippen molar-refractivity contribution in [3.63, 3.8) is 0 Å². The van der Waals surface area contributed by atoms with Gasteiger partial charge in [-0.3, -0.25) is 4.79 Å². The van der Waals surface area contributed by atoms with Crippen LogP contribution < -0.4 is 0 Å². The SMILES string of the molecule is C\C=C(C(/C=C\CC(C)CC)=C(/C)CCC)\c1csc(/C(C)=C/C(=C\CCC)C(C)=O)n1. The first-order valence-corrected chi connectivity index (χ1v) is 13.0. The van der Waals surface area contributed by atoms with Crippen LogP contribution in [0.1, 0.15) is 105 Å². The maximum atomic E-state index is 12.0. The first-order valence-electron chi connectivity index (χ1n) is 12.2. The molecule has 0 amide bonds. The van der Waals surface area contributed by atoms with Crippen LogP contribution in [0.5, 0.6) is 0 Å². The summed E-state index contributed by atoms with van der Waals surface area (Å²) in [5, 5.41) is 3.12. The van der Waals surface area contributed by atoms with Crippen molar-refractivity contribution in [2.24, 2.45) is 5.92 Å². The van der Waals surface area contributed by atoms with Gasteiger partial charge in [0.05, 0.1) is 5.69 Å². The number of thiazole rings is 1. The molecule has 2 nitrogen and oxygen atoms in total. The van der Waals surface area contributed by atoms with Gasteiger partial charge in [0.25, 0.3) is 0 Å². The summed E-state index contributed by atoms with van der Waals surface area (Å²) in [6.45, 7) is 16.9. The molecule has 176 valence electrons. The quantitative estimate of drug-likeness (QED) is 0.220. The lowest BCUT2D eigenvalue weighted by atomic mass is 9.94. The Hall–Kier alpha value is -2.00. The third-order valence-electron chi connectivity index (χ3n) is 5.73. The topological polar surface area (TPSA) is 30.0 Å². The minimum absolute atomic E-state index is 0.107. The molecule has 1 unspecified atom stereocenters. The van der Waals surface area contributed by atoms with E-state index in [1.807, 2.05) is 19.1 Å². The highest BCUT2D eigenvalue weighted by atomic mass is 32.1. The number of ketones is 1. The second-order valence-corrected chi connectivity index (χ2v) is 9.53. The summed E-state index contributed by atoms with van der Waals surface area (Å²) in [7, 11) is 0. The molecule has 1 rings (SSSR count). The van der Waals surface area contributed by atoms with Crippen LogP contribution in [0, 0.1) is 5.92 Å². The molecule has 0 bridgehead atoms. The van der Waals surface area contributed by atoms with Gasteiger partial charge in [-0.05, 0) is 70.1 Å². The van der Waals surface area contributed by atoms with Crippen LogP contribution in [0.2, 0.25) is 0 Å². The Kier molecular flexibility index (Phi) is 13.1. The van der Waals surface area contributed by atoms with E-state index in [0.717, 1.165) is 54.0 Å². The van der Waals surface area contributed by atoms with E-state index in [1.54, 1.807) is 18.3 Å². The molecule has 1 aromatic rings. The number of carbonyl (C=O) groups is 1. The molecule has 0 spiro atoms. The monoisotopic (exact) mass is 453 g/mol. The van der Waals surface area contributed by atoms with Crippen LogP contribution in [-0.4, -0.2) is 10.8 Å². The number of rotatable bonds is 13. The number of carbonyl (C=O) groups excluding carboxylic acids is 1. The van der Waals surface area contributed by atoms with E-state index in [4.69, 9.17) is 4.98 Å². The molecule has 0 saturated heterocycles. The number of hydrogen-bond acceptors (Lipinski definition) is 3. The van der Waals surface area contributed by atoms with Crippen LogP contribution in [0.4, 0.5) is 0 Å². The first-order chi connectivity index (χ1) is 15.3. The molecule has 3 heteroatoms. The highest BCUT2D eigenvalue weighted by Crippen LogP contribution is 2.32. The third-order valence-corrected chi connectivity index (χ3v) is 6.71. The van der Waals surface area contributed by atoms with E-state index in [2.05, 4.69) is 65.2 Å². The van der Waals surface area contributed by atoms with Gasteiger partial charge in [-0.15, -0.1) is 11.3 Å². The number of unbranched alkanes of at least 4 members (excludes halogenated alkanes) is 1. The van der Waals surface area contributed by atoms with Crippen LogP contribution >= 0.6 is 11.3 Å². The minimum Gasteiger partial charge on any atom is -0.295 e. The van der Waals surface area contributed by atoms with Crippen molar-refractivity contribution in [2.75, 3.05) is 0 Å². The fourth-order valence-corrected chi connectivity index (χ4v) is 4.27. The Labute approximate surface area is 200 Å². The zero-order valence-corrected chi connectivity index (χ0v) is 22.4. The van der Waals surface area contributed by atoms with E-state index in [1.165, 1.54) is 23.1 Å². The largest absolute Gasteiger partial charge is 0.295 e. The molecule has 0 N–H and O–H groups in total. The second kappa shape index (κ2) is 14.9. The van der Waals surface area contributed by atoms with Gasteiger partial charge in [0.1, 0.15) is 5.01 Å². The van der Waals surface area contributed by atoms with Gasteiger partial charge in [-0.2, -0.15) is 0 Å². The minimum atomic E-state index is 0.107. The molecule has 0 radical (unpaired) electrons. The Morgan fingerprint density at radius 3 is 2.44 bits per heavy atom. The van der Waals surface area contributed by atoms with Crippen molar-refractivity contribution in [1.29, 1.82) is 0 Å². The van der Waals surface area contributed by atoms with Crippen molar-refractivity contribution in [3.8, 4) is 0 Å². The molecular formula is C29H43NOS. The van der Waals surface area contributed by atoms with E-state index in [-0.39, 0.29) is 5.78 Å². The van der Waals surface area contributed by atoms with Gasteiger partial charge < -0.3 is 0 Å². The number of nitrogens with zero attached hydrogens (tertiary/aromatic N) is 1. The van der Waals surface area contributed by atoms with E-state index < -0.39 is 0 Å². The summed E-state index contributed by atoms with van der Waals surface area (Å²) in [4.78, 5) is 17.0. The molecule has 0 aromatic carbocycles. The second-order valence-electron chi connectivity index (χ2n) is 8.67. The molecule has 0 fully saturated rings. The Balaban J connectivity index is 3.30. The van der Waals surface area contributed by atoms with E-state index in [9.17, 15) is 4.79 Å². The molecular weight excluding hydrogens is 410 g/mol. The maximum absolute atomic E-state index is 12.0. The number of aromatic nitrogens is 1. The van der Waals surface area contributed by atoms with Crippen LogP contribution in [0.25, 0.3) is 11.1 Å². The predicted molar refractivity (Wildman–Crippen MR) is 144 cm³/mol. The van der Waals surface area contributed by atoms with Gasteiger partial charge >= 0.3 is 0 Å². The summed E-state index contributed by atoms with van der Waals surface area (Å²) in [5.41, 5.74) is 6.73. The lowest BCUT2D eigenvalue weighted by Gasteiger charge is -2.12. The van der Waals surface area contributed by atoms with Crippen molar-refractivity contribution >= 4 is 28.3 Å². The third kappa shape index (κ3) is 8.86. The van der Waals surface area contributed by atoms with Crippen molar-refractivity contribution in [2.45, 2.75) is 93.9 Å². The summed E-state index contributed by atoms with van der Waals surface area (Å²) in [6.07, 6.45) is 17.3. The molecule has 0 saturated carbocycles. The van der Waals surface area contributed by atoms with Crippen LogP contribution in [-0.2, 0) is 4.79 Å². The van der Waals surface area contributed by atoms with Crippen molar-refractivity contribution in [1.82, 2.24) is 4.98 Å². The van der Waals surface area contributed by atoms with Gasteiger partial charge in [-0.1, -0.05) is 76.8 Å². The lowest BCUT2D eigenvalue weighted by Crippen LogP contribution is -1.96. The Morgan fingerprint density at radius 2 is 1.88 bits per heavy atom. The lowest BCUT2D eigenvalue weighted by molar-refractivity contribution is -0.113. The first kappa shape index (κ1) is 28.0. The van der Waals surface area contributed by atoms with Crippen molar-refractivity contribution < 1.29 is 4.79 Å². The predicted octanol–water partition coefficient (Wildman–Crippen LogP) is 9.37. The zero-order valence-electron chi connectivity index (χ0n) is 21.5. The van der Waals surface area contributed by atoms with Gasteiger partial charge in [-0.25, -0.2) is 4.98 Å². The maximum Gasteiger partial charge on any atom is 0.159 e. The smallest absolute Gasteiger partial charge is 0.159 e. The van der Waals surface area contributed by atoms with Gasteiger partial charge in [0.15, 0.2) is 5.78 Å². The molecule has 1 heterocycles. The highest BCUT2D eigenvalue weighted by Gasteiger charge is 2.13. The molecule has 1 atom stereocenters. The zero-order chi connectivity index (χ0) is 24.1. The van der Waals surface area contributed by atoms with Gasteiger partial charge in [0, 0.05) is 16.5 Å². The summed E-state index contributed by atoms with van der Waals surface area (Å²) in [6, 6.07) is 0. The average Bonchev–Trinajstić information content (AvgIpc) is 3.25. The van der Waals surface area contributed by atoms with Gasteiger partial charge in [0.2, 0.25) is 0 Å². The van der Waals surface area contributed by atoms with E-state index >= 15 is 0 Å². The standard InChI is InChI=1S/C29H43NOS/c1-9-13-17-25(24(8)31)19-23(7)29-30-28(20-32-29)26(12-4)27(22(6)15-10-2)18-14-16-21(5)11-3/h12,14,17-21H,9-11,13,15-16H2,1-8H3/b18-14-,23-19+,25-17+,26-12+,27-22-. The summed E-state index contributed by atoms with van der Waals surface area (Å²) >= 11 is 1.65. The summed E-state index contributed by atoms with van der Waals surface area (Å²) < 4.78 is 0.